The summed E-state index contributed by atoms with van der Waals surface area (Å²) in [6.45, 7) is 8.69. The molecule has 7 heteroatoms. The van der Waals surface area contributed by atoms with E-state index in [1.165, 1.54) is 13.0 Å². The smallest absolute Gasteiger partial charge is 0.223 e. The van der Waals surface area contributed by atoms with Crippen LogP contribution in [0.15, 0.2) is 24.3 Å². The first kappa shape index (κ1) is 23.9. The first-order chi connectivity index (χ1) is 15.2. The van der Waals surface area contributed by atoms with E-state index in [0.29, 0.717) is 61.3 Å². The molecule has 1 amide bonds. The highest BCUT2D eigenvalue weighted by molar-refractivity contribution is 6.05. The first-order valence-electron chi connectivity index (χ1n) is 11.2. The van der Waals surface area contributed by atoms with Gasteiger partial charge in [-0.3, -0.25) is 19.3 Å². The maximum atomic E-state index is 13.7. The lowest BCUT2D eigenvalue weighted by molar-refractivity contribution is -0.126. The number of carbonyl (C=O) groups is 3. The number of halogens is 1. The molecular weight excluding hydrogens is 409 g/mol. The minimum absolute atomic E-state index is 0.0121. The Labute approximate surface area is 188 Å². The summed E-state index contributed by atoms with van der Waals surface area (Å²) in [5.41, 5.74) is 3.10. The number of aryl methyl sites for hydroxylation is 1. The zero-order valence-electron chi connectivity index (χ0n) is 19.3. The molecule has 0 radical (unpaired) electrons. The fourth-order valence-electron chi connectivity index (χ4n) is 4.61. The Hall–Kier alpha value is -2.80. The summed E-state index contributed by atoms with van der Waals surface area (Å²) >= 11 is 0. The van der Waals surface area contributed by atoms with Gasteiger partial charge in [-0.15, -0.1) is 0 Å². The average molecular weight is 442 g/mol. The maximum Gasteiger partial charge on any atom is 0.223 e. The molecule has 1 saturated heterocycles. The number of ketones is 2. The summed E-state index contributed by atoms with van der Waals surface area (Å²) in [4.78, 5) is 42.7. The third-order valence-corrected chi connectivity index (χ3v) is 6.51. The van der Waals surface area contributed by atoms with Crippen LogP contribution >= 0.6 is 0 Å². The number of aromatic amines is 1. The molecule has 0 bridgehead atoms. The minimum Gasteiger partial charge on any atom is -0.356 e. The summed E-state index contributed by atoms with van der Waals surface area (Å²) in [5.74, 6) is -0.456. The van der Waals surface area contributed by atoms with E-state index < -0.39 is 0 Å². The number of piperidine rings is 1. The van der Waals surface area contributed by atoms with Crippen LogP contribution in [0.2, 0.25) is 0 Å². The number of nitrogens with one attached hydrogen (secondary N) is 2. The molecule has 1 atom stereocenters. The van der Waals surface area contributed by atoms with Crippen molar-refractivity contribution < 1.29 is 18.8 Å². The van der Waals surface area contributed by atoms with Crippen LogP contribution in [0.1, 0.15) is 64.4 Å². The highest BCUT2D eigenvalue weighted by atomic mass is 19.1. The number of hydrogen-bond acceptors (Lipinski definition) is 4. The van der Waals surface area contributed by atoms with Crippen molar-refractivity contribution in [2.75, 3.05) is 19.6 Å². The highest BCUT2D eigenvalue weighted by Gasteiger charge is 2.32. The number of Topliss-reactive ketones (excluding diaryl/α,β-unsaturated/α-hetero) is 2. The van der Waals surface area contributed by atoms with E-state index in [2.05, 4.69) is 15.2 Å². The second kappa shape index (κ2) is 10.2. The average Bonchev–Trinajstić information content (AvgIpc) is 3.08. The molecule has 3 rings (SSSR count). The summed E-state index contributed by atoms with van der Waals surface area (Å²) < 4.78 is 13.7. The number of H-pyrrole nitrogens is 1. The zero-order valence-corrected chi connectivity index (χ0v) is 19.3. The first-order valence-corrected chi connectivity index (χ1v) is 11.2. The second-order valence-corrected chi connectivity index (χ2v) is 8.66. The summed E-state index contributed by atoms with van der Waals surface area (Å²) in [5, 5.41) is 2.92. The number of carbonyl (C=O) groups excluding carboxylic acids is 3. The van der Waals surface area contributed by atoms with Crippen molar-refractivity contribution in [3.05, 3.63) is 58.2 Å². The molecule has 32 heavy (non-hydrogen) atoms. The van der Waals surface area contributed by atoms with Gasteiger partial charge in [0.15, 0.2) is 11.6 Å². The second-order valence-electron chi connectivity index (χ2n) is 8.66. The Morgan fingerprint density at radius 1 is 1.19 bits per heavy atom. The van der Waals surface area contributed by atoms with Crippen molar-refractivity contribution in [1.82, 2.24) is 15.2 Å². The number of amides is 1. The number of rotatable bonds is 8. The van der Waals surface area contributed by atoms with Gasteiger partial charge in [0.25, 0.3) is 0 Å². The summed E-state index contributed by atoms with van der Waals surface area (Å²) in [6.07, 6.45) is 1.80. The number of likely N-dealkylation sites (tertiary alicyclic amines) is 1. The molecule has 1 unspecified atom stereocenters. The van der Waals surface area contributed by atoms with Gasteiger partial charge in [0, 0.05) is 23.7 Å². The van der Waals surface area contributed by atoms with E-state index >= 15 is 0 Å². The molecular formula is C25H32FN3O3. The molecule has 0 aliphatic carbocycles. The van der Waals surface area contributed by atoms with Gasteiger partial charge in [0.05, 0.1) is 11.7 Å². The van der Waals surface area contributed by atoms with Gasteiger partial charge in [-0.1, -0.05) is 18.2 Å². The van der Waals surface area contributed by atoms with Gasteiger partial charge in [-0.2, -0.15) is 0 Å². The molecule has 2 heterocycles. The van der Waals surface area contributed by atoms with Crippen LogP contribution in [0.25, 0.3) is 0 Å². The van der Waals surface area contributed by atoms with Gasteiger partial charge < -0.3 is 10.3 Å². The summed E-state index contributed by atoms with van der Waals surface area (Å²) in [7, 11) is 0. The van der Waals surface area contributed by atoms with Crippen LogP contribution in [-0.4, -0.2) is 53.0 Å². The monoisotopic (exact) mass is 441 g/mol. The molecule has 1 aromatic heterocycles. The number of nitrogens with zero attached hydrogens (tertiary/aromatic N) is 1. The van der Waals surface area contributed by atoms with Crippen molar-refractivity contribution in [3.8, 4) is 0 Å². The Morgan fingerprint density at radius 3 is 2.44 bits per heavy atom. The topological polar surface area (TPSA) is 82.3 Å². The van der Waals surface area contributed by atoms with E-state index in [9.17, 15) is 18.8 Å². The number of aromatic nitrogens is 1. The molecule has 1 aromatic carbocycles. The van der Waals surface area contributed by atoms with Crippen molar-refractivity contribution in [1.29, 1.82) is 0 Å². The lowest BCUT2D eigenvalue weighted by Crippen LogP contribution is -2.47. The highest BCUT2D eigenvalue weighted by Crippen LogP contribution is 2.24. The van der Waals surface area contributed by atoms with Gasteiger partial charge >= 0.3 is 0 Å². The van der Waals surface area contributed by atoms with E-state index in [4.69, 9.17) is 0 Å². The van der Waals surface area contributed by atoms with Gasteiger partial charge in [0.1, 0.15) is 5.82 Å². The van der Waals surface area contributed by atoms with Gasteiger partial charge in [-0.05, 0) is 77.2 Å². The molecule has 172 valence electrons. The van der Waals surface area contributed by atoms with Gasteiger partial charge in [0.2, 0.25) is 5.91 Å². The van der Waals surface area contributed by atoms with Crippen LogP contribution < -0.4 is 5.32 Å². The maximum absolute atomic E-state index is 13.7. The van der Waals surface area contributed by atoms with E-state index in [-0.39, 0.29) is 35.3 Å². The predicted molar refractivity (Wildman–Crippen MR) is 121 cm³/mol. The lowest BCUT2D eigenvalue weighted by Gasteiger charge is -2.34. The van der Waals surface area contributed by atoms with Crippen molar-refractivity contribution >= 4 is 17.5 Å². The van der Waals surface area contributed by atoms with E-state index in [0.717, 1.165) is 5.69 Å². The van der Waals surface area contributed by atoms with Gasteiger partial charge in [-0.25, -0.2) is 4.39 Å². The van der Waals surface area contributed by atoms with Crippen LogP contribution in [0, 0.1) is 25.6 Å². The van der Waals surface area contributed by atoms with Crippen LogP contribution in [-0.2, 0) is 11.2 Å². The fraction of sp³-hybridized carbons (Fsp3) is 0.480. The fourth-order valence-corrected chi connectivity index (χ4v) is 4.61. The summed E-state index contributed by atoms with van der Waals surface area (Å²) in [6, 6.07) is 6.25. The molecule has 2 N–H and O–H groups in total. The van der Waals surface area contributed by atoms with E-state index in [1.807, 2.05) is 13.8 Å². The predicted octanol–water partition coefficient (Wildman–Crippen LogP) is 3.62. The van der Waals surface area contributed by atoms with Crippen LogP contribution in [0.4, 0.5) is 4.39 Å². The Bertz CT molecular complexity index is 1010. The molecule has 1 aliphatic heterocycles. The largest absolute Gasteiger partial charge is 0.356 e. The zero-order chi connectivity index (χ0) is 23.4. The molecule has 6 nitrogen and oxygen atoms in total. The van der Waals surface area contributed by atoms with Crippen molar-refractivity contribution in [2.24, 2.45) is 5.92 Å². The minimum atomic E-state index is -0.336. The Kier molecular flexibility index (Phi) is 7.61. The quantitative estimate of drug-likeness (QED) is 0.613. The van der Waals surface area contributed by atoms with Crippen molar-refractivity contribution in [3.63, 3.8) is 0 Å². The SMILES string of the molecule is CC(=O)c1c(C)[nH]c(C(=O)C(C)N2CCC(C(=O)NCCc3ccccc3F)CC2)c1C. The Balaban J connectivity index is 1.51. The normalized spacial score (nSPS) is 16.0. The molecule has 1 fully saturated rings. The third kappa shape index (κ3) is 5.15. The molecule has 0 saturated carbocycles. The number of benzene rings is 1. The third-order valence-electron chi connectivity index (χ3n) is 6.51. The standard InChI is InChI=1S/C25H32FN3O3/c1-15-22(18(4)30)16(2)28-23(15)24(31)17(3)29-13-10-20(11-14-29)25(32)27-12-9-19-7-5-6-8-21(19)26/h5-8,17,20,28H,9-14H2,1-4H3,(H,27,32). The van der Waals surface area contributed by atoms with Crippen LogP contribution in [0.5, 0.6) is 0 Å². The Morgan fingerprint density at radius 2 is 1.84 bits per heavy atom. The number of hydrogen-bond donors (Lipinski definition) is 2. The molecule has 2 aromatic rings. The molecule has 1 aliphatic rings. The molecule has 0 spiro atoms. The lowest BCUT2D eigenvalue weighted by atomic mass is 9.93. The van der Waals surface area contributed by atoms with E-state index in [1.54, 1.807) is 25.1 Å². The van der Waals surface area contributed by atoms with Crippen LogP contribution in [0.3, 0.4) is 0 Å². The van der Waals surface area contributed by atoms with Crippen molar-refractivity contribution in [2.45, 2.75) is 53.0 Å².